The smallest absolute Gasteiger partial charge is 0.123 e. The third kappa shape index (κ3) is 3.88. The van der Waals surface area contributed by atoms with Crippen molar-refractivity contribution >= 4 is 5.69 Å². The highest BCUT2D eigenvalue weighted by Gasteiger charge is 2.17. The Morgan fingerprint density at radius 1 is 0.926 bits per heavy atom. The summed E-state index contributed by atoms with van der Waals surface area (Å²) in [5.41, 5.74) is 4.27. The molecule has 0 bridgehead atoms. The monoisotopic (exact) mass is 359 g/mol. The van der Waals surface area contributed by atoms with Crippen LogP contribution < -0.4 is 4.90 Å². The molecule has 0 saturated carbocycles. The number of benzene rings is 2. The average Bonchev–Trinajstić information content (AvgIpc) is 3.20. The Bertz CT molecular complexity index is 953. The summed E-state index contributed by atoms with van der Waals surface area (Å²) in [6.45, 7) is 4.03. The van der Waals surface area contributed by atoms with Gasteiger partial charge in [0.1, 0.15) is 5.82 Å². The molecular weight excluding hydrogens is 337 g/mol. The molecule has 3 nitrogen and oxygen atoms in total. The topological polar surface area (TPSA) is 21.1 Å². The highest BCUT2D eigenvalue weighted by molar-refractivity contribution is 5.65. The Morgan fingerprint density at radius 3 is 2.26 bits per heavy atom. The second-order valence-electron chi connectivity index (χ2n) is 6.85. The number of hydrogen-bond donors (Lipinski definition) is 0. The van der Waals surface area contributed by atoms with E-state index in [4.69, 9.17) is 0 Å². The first-order valence-corrected chi connectivity index (χ1v) is 9.31. The Morgan fingerprint density at radius 2 is 1.59 bits per heavy atom. The molecule has 0 amide bonds. The van der Waals surface area contributed by atoms with Crippen molar-refractivity contribution in [3.63, 3.8) is 0 Å². The molecule has 1 aliphatic heterocycles. The molecule has 1 fully saturated rings. The maximum atomic E-state index is 13.1. The number of nitrogens with zero attached hydrogens (tertiary/aromatic N) is 3. The van der Waals surface area contributed by atoms with Crippen molar-refractivity contribution in [3.8, 4) is 28.7 Å². The van der Waals surface area contributed by atoms with Crippen molar-refractivity contribution in [2.45, 2.75) is 19.8 Å². The van der Waals surface area contributed by atoms with E-state index >= 15 is 0 Å². The maximum Gasteiger partial charge on any atom is 0.123 e. The Balaban J connectivity index is 1.46. The highest BCUT2D eigenvalue weighted by Crippen LogP contribution is 2.27. The van der Waals surface area contributed by atoms with Crippen LogP contribution >= 0.6 is 0 Å². The number of piperidine rings is 1. The van der Waals surface area contributed by atoms with Crippen molar-refractivity contribution in [1.82, 2.24) is 9.78 Å². The van der Waals surface area contributed by atoms with Gasteiger partial charge < -0.3 is 4.90 Å². The molecule has 1 aromatic heterocycles. The minimum absolute atomic E-state index is 0.243. The predicted molar refractivity (Wildman–Crippen MR) is 107 cm³/mol. The summed E-state index contributed by atoms with van der Waals surface area (Å²) >= 11 is 0. The standard InChI is InChI=1S/C23H22FN3/c1-2-3-18-12-14-26(15-13-18)22-8-4-19(5-9-22)20-16-25-27(17-20)23-10-6-21(24)7-11-23/h4-11,16-18H,12-15H2,1H3. The number of rotatable bonds is 3. The van der Waals surface area contributed by atoms with Crippen LogP contribution in [0.25, 0.3) is 16.8 Å². The second-order valence-corrected chi connectivity index (χ2v) is 6.85. The fourth-order valence-corrected chi connectivity index (χ4v) is 3.56. The van der Waals surface area contributed by atoms with Crippen LogP contribution in [0.1, 0.15) is 19.8 Å². The van der Waals surface area contributed by atoms with Gasteiger partial charge in [-0.05, 0) is 61.7 Å². The van der Waals surface area contributed by atoms with Crippen LogP contribution in [0.2, 0.25) is 0 Å². The van der Waals surface area contributed by atoms with Crippen LogP contribution in [0.5, 0.6) is 0 Å². The largest absolute Gasteiger partial charge is 0.371 e. The molecule has 4 heteroatoms. The molecule has 1 saturated heterocycles. The molecule has 1 aliphatic rings. The Labute approximate surface area is 159 Å². The number of anilines is 1. The fraction of sp³-hybridized carbons (Fsp3) is 0.261. The van der Waals surface area contributed by atoms with E-state index in [1.54, 1.807) is 16.8 Å². The van der Waals surface area contributed by atoms with Gasteiger partial charge in [0.25, 0.3) is 0 Å². The first-order chi connectivity index (χ1) is 13.2. The van der Waals surface area contributed by atoms with Crippen LogP contribution in [-0.2, 0) is 0 Å². The summed E-state index contributed by atoms with van der Waals surface area (Å²) in [4.78, 5) is 2.43. The summed E-state index contributed by atoms with van der Waals surface area (Å²) in [6, 6.07) is 15.0. The van der Waals surface area contributed by atoms with Gasteiger partial charge in [-0.2, -0.15) is 5.10 Å². The molecule has 0 atom stereocenters. The molecule has 0 N–H and O–H groups in total. The Kier molecular flexibility index (Phi) is 4.93. The number of aromatic nitrogens is 2. The van der Waals surface area contributed by atoms with E-state index < -0.39 is 0 Å². The lowest BCUT2D eigenvalue weighted by Crippen LogP contribution is -2.33. The summed E-state index contributed by atoms with van der Waals surface area (Å²) in [5.74, 6) is 6.64. The average molecular weight is 359 g/mol. The lowest BCUT2D eigenvalue weighted by Gasteiger charge is -2.31. The van der Waals surface area contributed by atoms with Gasteiger partial charge in [0.15, 0.2) is 0 Å². The van der Waals surface area contributed by atoms with E-state index in [1.165, 1.54) is 17.8 Å². The van der Waals surface area contributed by atoms with Crippen LogP contribution in [0.4, 0.5) is 10.1 Å². The Hall–Kier alpha value is -3.06. The van der Waals surface area contributed by atoms with Crippen LogP contribution in [0.15, 0.2) is 60.9 Å². The normalized spacial score (nSPS) is 14.7. The van der Waals surface area contributed by atoms with Gasteiger partial charge in [-0.25, -0.2) is 9.07 Å². The van der Waals surface area contributed by atoms with E-state index in [2.05, 4.69) is 46.1 Å². The maximum absolute atomic E-state index is 13.1. The quantitative estimate of drug-likeness (QED) is 0.619. The van der Waals surface area contributed by atoms with E-state index in [0.717, 1.165) is 42.7 Å². The highest BCUT2D eigenvalue weighted by atomic mass is 19.1. The van der Waals surface area contributed by atoms with Crippen LogP contribution in [0.3, 0.4) is 0 Å². The minimum atomic E-state index is -0.243. The zero-order valence-electron chi connectivity index (χ0n) is 15.4. The van der Waals surface area contributed by atoms with Gasteiger partial charge in [0.05, 0.1) is 11.9 Å². The molecule has 0 spiro atoms. The van der Waals surface area contributed by atoms with Crippen molar-refractivity contribution < 1.29 is 4.39 Å². The fourth-order valence-electron chi connectivity index (χ4n) is 3.56. The lowest BCUT2D eigenvalue weighted by atomic mass is 9.97. The molecule has 0 radical (unpaired) electrons. The summed E-state index contributed by atoms with van der Waals surface area (Å²) in [5, 5.41) is 4.40. The molecule has 0 aliphatic carbocycles. The first kappa shape index (κ1) is 17.4. The minimum Gasteiger partial charge on any atom is -0.371 e. The van der Waals surface area contributed by atoms with E-state index in [1.807, 2.05) is 19.3 Å². The van der Waals surface area contributed by atoms with Gasteiger partial charge >= 0.3 is 0 Å². The molecule has 3 aromatic rings. The van der Waals surface area contributed by atoms with Crippen LogP contribution in [-0.4, -0.2) is 22.9 Å². The van der Waals surface area contributed by atoms with Gasteiger partial charge in [-0.15, -0.1) is 11.8 Å². The lowest BCUT2D eigenvalue weighted by molar-refractivity contribution is 0.492. The van der Waals surface area contributed by atoms with E-state index in [9.17, 15) is 4.39 Å². The SMILES string of the molecule is CC#CC1CCN(c2ccc(-c3cnn(-c4ccc(F)cc4)c3)cc2)CC1. The molecule has 2 aromatic carbocycles. The molecular formula is C23H22FN3. The van der Waals surface area contributed by atoms with Crippen molar-refractivity contribution in [2.75, 3.05) is 18.0 Å². The van der Waals surface area contributed by atoms with E-state index in [-0.39, 0.29) is 5.82 Å². The molecule has 4 rings (SSSR count). The van der Waals surface area contributed by atoms with Gasteiger partial charge in [0, 0.05) is 36.5 Å². The van der Waals surface area contributed by atoms with E-state index in [0.29, 0.717) is 5.92 Å². The molecule has 27 heavy (non-hydrogen) atoms. The van der Waals surface area contributed by atoms with Gasteiger partial charge in [-0.1, -0.05) is 12.1 Å². The molecule has 136 valence electrons. The van der Waals surface area contributed by atoms with Gasteiger partial charge in [0.2, 0.25) is 0 Å². The predicted octanol–water partition coefficient (Wildman–Crippen LogP) is 4.92. The van der Waals surface area contributed by atoms with Crippen molar-refractivity contribution in [2.24, 2.45) is 5.92 Å². The zero-order chi connectivity index (χ0) is 18.6. The molecule has 0 unspecified atom stereocenters. The second kappa shape index (κ2) is 7.67. The summed E-state index contributed by atoms with van der Waals surface area (Å²) in [7, 11) is 0. The number of halogens is 1. The number of hydrogen-bond acceptors (Lipinski definition) is 2. The third-order valence-corrected chi connectivity index (χ3v) is 5.08. The first-order valence-electron chi connectivity index (χ1n) is 9.31. The molecule has 2 heterocycles. The van der Waals surface area contributed by atoms with Crippen molar-refractivity contribution in [3.05, 3.63) is 66.7 Å². The van der Waals surface area contributed by atoms with Crippen molar-refractivity contribution in [1.29, 1.82) is 0 Å². The van der Waals surface area contributed by atoms with Gasteiger partial charge in [-0.3, -0.25) is 0 Å². The zero-order valence-corrected chi connectivity index (χ0v) is 15.4. The van der Waals surface area contributed by atoms with Crippen LogP contribution in [0, 0.1) is 23.6 Å². The summed E-state index contributed by atoms with van der Waals surface area (Å²) in [6.07, 6.45) is 6.07. The third-order valence-electron chi connectivity index (χ3n) is 5.08. The summed E-state index contributed by atoms with van der Waals surface area (Å²) < 4.78 is 14.8.